The number of fused-ring (bicyclic) bond motifs is 1. The molecule has 3 rings (SSSR count). The lowest BCUT2D eigenvalue weighted by Crippen LogP contribution is -2.35. The third-order valence-electron chi connectivity index (χ3n) is 4.17. The van der Waals surface area contributed by atoms with Crippen molar-refractivity contribution in [1.82, 2.24) is 0 Å². The van der Waals surface area contributed by atoms with Crippen LogP contribution < -0.4 is 9.13 Å². The highest BCUT2D eigenvalue weighted by Gasteiger charge is 2.14. The molecule has 2 heterocycles. The van der Waals surface area contributed by atoms with E-state index in [0.29, 0.717) is 0 Å². The number of pyridine rings is 2. The summed E-state index contributed by atoms with van der Waals surface area (Å²) in [5, 5.41) is 1.32. The molecule has 106 valence electrons. The van der Waals surface area contributed by atoms with Gasteiger partial charge >= 0.3 is 0 Å². The van der Waals surface area contributed by atoms with Crippen molar-refractivity contribution >= 4 is 10.9 Å². The van der Waals surface area contributed by atoms with Crippen molar-refractivity contribution in [3.63, 3.8) is 0 Å². The Morgan fingerprint density at radius 1 is 0.857 bits per heavy atom. The van der Waals surface area contributed by atoms with Gasteiger partial charge in [-0.05, 0) is 25.5 Å². The SMILES string of the molecule is CC[n+]1ccc(-c2cc[n+](CC)c3ccccc23)cc1C. The van der Waals surface area contributed by atoms with E-state index in [1.807, 2.05) is 0 Å². The Bertz CT molecular complexity index is 791. The van der Waals surface area contributed by atoms with Crippen LogP contribution in [0, 0.1) is 6.92 Å². The number of nitrogens with zero attached hydrogens (tertiary/aromatic N) is 2. The second-order valence-corrected chi connectivity index (χ2v) is 5.38. The molecule has 0 saturated carbocycles. The highest BCUT2D eigenvalue weighted by molar-refractivity contribution is 5.92. The normalized spacial score (nSPS) is 11.0. The van der Waals surface area contributed by atoms with Gasteiger partial charge in [-0.2, -0.15) is 4.57 Å². The zero-order valence-corrected chi connectivity index (χ0v) is 13.0. The summed E-state index contributed by atoms with van der Waals surface area (Å²) < 4.78 is 4.56. The first-order chi connectivity index (χ1) is 10.2. The van der Waals surface area contributed by atoms with Crippen molar-refractivity contribution in [3.8, 4) is 11.1 Å². The van der Waals surface area contributed by atoms with Crippen LogP contribution in [-0.4, -0.2) is 0 Å². The Hall–Kier alpha value is -2.22. The van der Waals surface area contributed by atoms with Crippen molar-refractivity contribution in [2.24, 2.45) is 0 Å². The maximum Gasteiger partial charge on any atom is 0.213 e. The Balaban J connectivity index is 2.23. The monoisotopic (exact) mass is 278 g/mol. The van der Waals surface area contributed by atoms with Gasteiger partial charge in [0.05, 0.1) is 5.39 Å². The molecule has 0 spiro atoms. The van der Waals surface area contributed by atoms with E-state index < -0.39 is 0 Å². The summed E-state index contributed by atoms with van der Waals surface area (Å²) in [4.78, 5) is 0. The summed E-state index contributed by atoms with van der Waals surface area (Å²) in [6.07, 6.45) is 4.37. The molecule has 0 aliphatic carbocycles. The fourth-order valence-electron chi connectivity index (χ4n) is 2.98. The lowest BCUT2D eigenvalue weighted by Gasteiger charge is -2.07. The third-order valence-corrected chi connectivity index (χ3v) is 4.17. The number of hydrogen-bond acceptors (Lipinski definition) is 0. The van der Waals surface area contributed by atoms with Gasteiger partial charge in [0.2, 0.25) is 5.52 Å². The molecule has 0 radical (unpaired) electrons. The number of rotatable bonds is 3. The molecule has 0 amide bonds. The van der Waals surface area contributed by atoms with Gasteiger partial charge in [-0.15, -0.1) is 0 Å². The largest absolute Gasteiger partial charge is 0.213 e. The highest BCUT2D eigenvalue weighted by atomic mass is 14.9. The summed E-state index contributed by atoms with van der Waals surface area (Å²) in [7, 11) is 0. The maximum atomic E-state index is 2.29. The van der Waals surface area contributed by atoms with Gasteiger partial charge in [-0.3, -0.25) is 0 Å². The Labute approximate surface area is 126 Å². The molecule has 3 aromatic rings. The molecule has 2 heteroatoms. The van der Waals surface area contributed by atoms with E-state index in [2.05, 4.69) is 84.8 Å². The molecule has 0 saturated heterocycles. The first kappa shape index (κ1) is 13.7. The predicted molar refractivity (Wildman–Crippen MR) is 85.9 cm³/mol. The van der Waals surface area contributed by atoms with E-state index in [-0.39, 0.29) is 0 Å². The highest BCUT2D eigenvalue weighted by Crippen LogP contribution is 2.26. The van der Waals surface area contributed by atoms with Crippen molar-refractivity contribution in [2.45, 2.75) is 33.9 Å². The lowest BCUT2D eigenvalue weighted by molar-refractivity contribution is -0.699. The number of hydrogen-bond donors (Lipinski definition) is 0. The topological polar surface area (TPSA) is 7.76 Å². The van der Waals surface area contributed by atoms with Gasteiger partial charge in [-0.1, -0.05) is 12.1 Å². The minimum absolute atomic E-state index is 0.991. The first-order valence-electron chi connectivity index (χ1n) is 7.66. The van der Waals surface area contributed by atoms with Crippen molar-refractivity contribution < 1.29 is 9.13 Å². The number of benzene rings is 1. The fourth-order valence-corrected chi connectivity index (χ4v) is 2.98. The Morgan fingerprint density at radius 2 is 1.57 bits per heavy atom. The molecule has 0 atom stereocenters. The van der Waals surface area contributed by atoms with Crippen LogP contribution >= 0.6 is 0 Å². The van der Waals surface area contributed by atoms with Crippen LogP contribution in [0.2, 0.25) is 0 Å². The molecule has 2 nitrogen and oxygen atoms in total. The third kappa shape index (κ3) is 2.42. The minimum Gasteiger partial charge on any atom is -0.203 e. The van der Waals surface area contributed by atoms with Crippen LogP contribution in [0.1, 0.15) is 19.5 Å². The average Bonchev–Trinajstić information content (AvgIpc) is 2.53. The van der Waals surface area contributed by atoms with Gasteiger partial charge in [0.1, 0.15) is 13.1 Å². The molecule has 21 heavy (non-hydrogen) atoms. The number of aryl methyl sites for hydroxylation is 3. The van der Waals surface area contributed by atoms with Crippen LogP contribution in [-0.2, 0) is 13.1 Å². The summed E-state index contributed by atoms with van der Waals surface area (Å²) in [5.74, 6) is 0. The standard InChI is InChI=1S/C19H22N2/c1-4-20-12-10-16(14-15(20)3)17-11-13-21(5-2)19-9-7-6-8-18(17)19/h6-14H,4-5H2,1-3H3/q+2. The maximum absolute atomic E-state index is 2.29. The van der Waals surface area contributed by atoms with Crippen molar-refractivity contribution in [1.29, 1.82) is 0 Å². The molecule has 2 aromatic heterocycles. The second-order valence-electron chi connectivity index (χ2n) is 5.38. The summed E-state index contributed by atoms with van der Waals surface area (Å²) in [6, 6.07) is 15.4. The Kier molecular flexibility index (Phi) is 3.70. The summed E-state index contributed by atoms with van der Waals surface area (Å²) in [6.45, 7) is 8.53. The van der Waals surface area contributed by atoms with Crippen LogP contribution in [0.25, 0.3) is 22.0 Å². The predicted octanol–water partition coefficient (Wildman–Crippen LogP) is 3.43. The quantitative estimate of drug-likeness (QED) is 0.649. The lowest BCUT2D eigenvalue weighted by atomic mass is 10.0. The molecule has 1 aromatic carbocycles. The molecule has 0 aliphatic rings. The zero-order chi connectivity index (χ0) is 14.8. The van der Waals surface area contributed by atoms with Gasteiger partial charge in [0, 0.05) is 36.8 Å². The molecule has 0 N–H and O–H groups in total. The first-order valence-corrected chi connectivity index (χ1v) is 7.66. The molecule has 0 bridgehead atoms. The van der Waals surface area contributed by atoms with Crippen LogP contribution in [0.4, 0.5) is 0 Å². The van der Waals surface area contributed by atoms with Crippen LogP contribution in [0.3, 0.4) is 0 Å². The fraction of sp³-hybridized carbons (Fsp3) is 0.263. The molecular weight excluding hydrogens is 256 g/mol. The van der Waals surface area contributed by atoms with Crippen molar-refractivity contribution in [2.75, 3.05) is 0 Å². The number of para-hydroxylation sites is 1. The smallest absolute Gasteiger partial charge is 0.203 e. The van der Waals surface area contributed by atoms with E-state index in [9.17, 15) is 0 Å². The number of aromatic nitrogens is 2. The van der Waals surface area contributed by atoms with Gasteiger partial charge in [0.25, 0.3) is 0 Å². The summed E-state index contributed by atoms with van der Waals surface area (Å²) in [5.41, 5.74) is 5.19. The van der Waals surface area contributed by atoms with Crippen molar-refractivity contribution in [3.05, 3.63) is 60.6 Å². The molecular formula is C19H22N2+2. The zero-order valence-electron chi connectivity index (χ0n) is 13.0. The second kappa shape index (κ2) is 5.65. The molecule has 0 unspecified atom stereocenters. The van der Waals surface area contributed by atoms with E-state index in [0.717, 1.165) is 13.1 Å². The van der Waals surface area contributed by atoms with Crippen LogP contribution in [0.15, 0.2) is 54.9 Å². The van der Waals surface area contributed by atoms with Gasteiger partial charge in [-0.25, -0.2) is 4.57 Å². The van der Waals surface area contributed by atoms with Gasteiger partial charge in [0.15, 0.2) is 18.1 Å². The van der Waals surface area contributed by atoms with E-state index >= 15 is 0 Å². The van der Waals surface area contributed by atoms with E-state index in [1.165, 1.54) is 27.7 Å². The van der Waals surface area contributed by atoms with E-state index in [4.69, 9.17) is 0 Å². The average molecular weight is 278 g/mol. The van der Waals surface area contributed by atoms with Gasteiger partial charge < -0.3 is 0 Å². The Morgan fingerprint density at radius 3 is 2.29 bits per heavy atom. The summed E-state index contributed by atoms with van der Waals surface area (Å²) >= 11 is 0. The molecule has 0 fully saturated rings. The minimum atomic E-state index is 0.991. The van der Waals surface area contributed by atoms with E-state index in [1.54, 1.807) is 0 Å². The van der Waals surface area contributed by atoms with Crippen LogP contribution in [0.5, 0.6) is 0 Å². The molecule has 0 aliphatic heterocycles.